The second-order valence-corrected chi connectivity index (χ2v) is 6.34. The minimum Gasteiger partial charge on any atom is -0.477 e. The Morgan fingerprint density at radius 1 is 1.32 bits per heavy atom. The van der Waals surface area contributed by atoms with Gasteiger partial charge in [-0.1, -0.05) is 11.8 Å². The molecule has 0 atom stereocenters. The second-order valence-electron chi connectivity index (χ2n) is 4.37. The molecule has 1 aliphatic rings. The quantitative estimate of drug-likeness (QED) is 0.880. The van der Waals surface area contributed by atoms with Crippen LogP contribution in [0.2, 0.25) is 0 Å². The zero-order valence-electron chi connectivity index (χ0n) is 10.1. The molecule has 2 aromatic rings. The van der Waals surface area contributed by atoms with Crippen LogP contribution in [0.25, 0.3) is 0 Å². The first-order chi connectivity index (χ1) is 9.24. The molecule has 0 radical (unpaired) electrons. The van der Waals surface area contributed by atoms with Gasteiger partial charge >= 0.3 is 5.97 Å². The molecule has 0 fully saturated rings. The first-order valence-corrected chi connectivity index (χ1v) is 7.76. The zero-order chi connectivity index (χ0) is 13.2. The van der Waals surface area contributed by atoms with E-state index in [1.165, 1.54) is 41.5 Å². The summed E-state index contributed by atoms with van der Waals surface area (Å²) in [6.45, 7) is 0. The van der Waals surface area contributed by atoms with Gasteiger partial charge in [0.1, 0.15) is 16.2 Å². The van der Waals surface area contributed by atoms with Gasteiger partial charge in [0.2, 0.25) is 0 Å². The van der Waals surface area contributed by atoms with E-state index in [2.05, 4.69) is 9.97 Å². The summed E-state index contributed by atoms with van der Waals surface area (Å²) in [4.78, 5) is 20.9. The Hall–Kier alpha value is -1.40. The molecule has 0 saturated carbocycles. The number of hydrogen-bond acceptors (Lipinski definition) is 5. The number of hydrogen-bond donors (Lipinski definition) is 1. The predicted molar refractivity (Wildman–Crippen MR) is 74.1 cm³/mol. The van der Waals surface area contributed by atoms with Crippen LogP contribution in [0, 0.1) is 0 Å². The fraction of sp³-hybridized carbons (Fsp3) is 0.308. The van der Waals surface area contributed by atoms with Gasteiger partial charge in [-0.15, -0.1) is 11.3 Å². The van der Waals surface area contributed by atoms with E-state index in [1.54, 1.807) is 12.4 Å². The molecule has 0 bridgehead atoms. The molecule has 2 aromatic heterocycles. The SMILES string of the molecule is O=C(O)c1cc(Sc2ncnc3c2CCCC3)cs1. The van der Waals surface area contributed by atoms with Gasteiger partial charge in [-0.25, -0.2) is 14.8 Å². The lowest BCUT2D eigenvalue weighted by Crippen LogP contribution is -2.07. The van der Waals surface area contributed by atoms with Gasteiger partial charge in [-0.2, -0.15) is 0 Å². The molecule has 2 heterocycles. The van der Waals surface area contributed by atoms with Gasteiger partial charge in [-0.3, -0.25) is 0 Å². The molecule has 0 amide bonds. The van der Waals surface area contributed by atoms with E-state index in [0.717, 1.165) is 28.5 Å². The van der Waals surface area contributed by atoms with Crippen molar-refractivity contribution in [2.24, 2.45) is 0 Å². The number of nitrogens with zero attached hydrogens (tertiary/aromatic N) is 2. The molecular weight excluding hydrogens is 280 g/mol. The van der Waals surface area contributed by atoms with Gasteiger partial charge in [0, 0.05) is 21.5 Å². The van der Waals surface area contributed by atoms with Gasteiger partial charge in [0.15, 0.2) is 0 Å². The Morgan fingerprint density at radius 3 is 2.95 bits per heavy atom. The van der Waals surface area contributed by atoms with Gasteiger partial charge in [-0.05, 0) is 31.7 Å². The molecule has 0 unspecified atom stereocenters. The highest BCUT2D eigenvalue weighted by Gasteiger charge is 2.17. The van der Waals surface area contributed by atoms with E-state index >= 15 is 0 Å². The van der Waals surface area contributed by atoms with Crippen LogP contribution in [0.4, 0.5) is 0 Å². The Labute approximate surface area is 118 Å². The normalized spacial score (nSPS) is 14.1. The molecule has 0 spiro atoms. The highest BCUT2D eigenvalue weighted by atomic mass is 32.2. The van der Waals surface area contributed by atoms with E-state index in [0.29, 0.717) is 4.88 Å². The maximum atomic E-state index is 10.9. The molecule has 1 aliphatic carbocycles. The molecule has 0 aromatic carbocycles. The lowest BCUT2D eigenvalue weighted by atomic mass is 9.98. The van der Waals surface area contributed by atoms with Crippen molar-refractivity contribution in [2.45, 2.75) is 35.6 Å². The lowest BCUT2D eigenvalue weighted by molar-refractivity contribution is 0.0702. The monoisotopic (exact) mass is 292 g/mol. The fourth-order valence-corrected chi connectivity index (χ4v) is 4.04. The van der Waals surface area contributed by atoms with E-state index in [-0.39, 0.29) is 0 Å². The Balaban J connectivity index is 1.88. The molecule has 4 nitrogen and oxygen atoms in total. The van der Waals surface area contributed by atoms with Gasteiger partial charge in [0.05, 0.1) is 0 Å². The van der Waals surface area contributed by atoms with Crippen molar-refractivity contribution in [2.75, 3.05) is 0 Å². The van der Waals surface area contributed by atoms with Crippen molar-refractivity contribution in [1.29, 1.82) is 0 Å². The number of carbonyl (C=O) groups is 1. The van der Waals surface area contributed by atoms with Crippen molar-refractivity contribution in [3.05, 3.63) is 33.9 Å². The highest BCUT2D eigenvalue weighted by molar-refractivity contribution is 7.99. The zero-order valence-corrected chi connectivity index (χ0v) is 11.8. The number of rotatable bonds is 3. The van der Waals surface area contributed by atoms with E-state index in [9.17, 15) is 4.79 Å². The second kappa shape index (κ2) is 5.30. The van der Waals surface area contributed by atoms with Crippen molar-refractivity contribution in [1.82, 2.24) is 9.97 Å². The third-order valence-electron chi connectivity index (χ3n) is 3.09. The lowest BCUT2D eigenvalue weighted by Gasteiger charge is -2.16. The number of carboxylic acids is 1. The number of aryl methyl sites for hydroxylation is 1. The van der Waals surface area contributed by atoms with Crippen LogP contribution < -0.4 is 0 Å². The standard InChI is InChI=1S/C13H12N2O2S2/c16-13(17)11-5-8(6-18-11)19-12-9-3-1-2-4-10(9)14-7-15-12/h5-7H,1-4H2,(H,16,17). The van der Waals surface area contributed by atoms with Crippen LogP contribution in [0.3, 0.4) is 0 Å². The van der Waals surface area contributed by atoms with Gasteiger partial charge < -0.3 is 5.11 Å². The third kappa shape index (κ3) is 2.64. The molecule has 98 valence electrons. The Bertz CT molecular complexity index is 625. The molecular formula is C13H12N2O2S2. The van der Waals surface area contributed by atoms with Crippen molar-refractivity contribution in [3.63, 3.8) is 0 Å². The highest BCUT2D eigenvalue weighted by Crippen LogP contribution is 2.34. The summed E-state index contributed by atoms with van der Waals surface area (Å²) in [7, 11) is 0. The Kier molecular flexibility index (Phi) is 3.52. The van der Waals surface area contributed by atoms with E-state index < -0.39 is 5.97 Å². The maximum absolute atomic E-state index is 10.9. The van der Waals surface area contributed by atoms with Crippen LogP contribution in [0.5, 0.6) is 0 Å². The van der Waals surface area contributed by atoms with E-state index in [1.807, 2.05) is 5.38 Å². The van der Waals surface area contributed by atoms with Crippen LogP contribution in [-0.2, 0) is 12.8 Å². The molecule has 0 saturated heterocycles. The molecule has 1 N–H and O–H groups in total. The van der Waals surface area contributed by atoms with Crippen molar-refractivity contribution < 1.29 is 9.90 Å². The number of aromatic nitrogens is 2. The van der Waals surface area contributed by atoms with Gasteiger partial charge in [0.25, 0.3) is 0 Å². The van der Waals surface area contributed by atoms with Crippen LogP contribution >= 0.6 is 23.1 Å². The summed E-state index contributed by atoms with van der Waals surface area (Å²) in [5.41, 5.74) is 2.39. The van der Waals surface area contributed by atoms with E-state index in [4.69, 9.17) is 5.11 Å². The third-order valence-corrected chi connectivity index (χ3v) is 5.17. The largest absolute Gasteiger partial charge is 0.477 e. The number of thiophene rings is 1. The summed E-state index contributed by atoms with van der Waals surface area (Å²) in [5.74, 6) is -0.874. The van der Waals surface area contributed by atoms with Crippen molar-refractivity contribution >= 4 is 29.1 Å². The first-order valence-electron chi connectivity index (χ1n) is 6.06. The summed E-state index contributed by atoms with van der Waals surface area (Å²) < 4.78 is 0. The molecule has 6 heteroatoms. The summed E-state index contributed by atoms with van der Waals surface area (Å²) in [5, 5.41) is 11.8. The number of carboxylic acid groups (broad SMARTS) is 1. The van der Waals surface area contributed by atoms with Crippen LogP contribution in [-0.4, -0.2) is 21.0 Å². The molecule has 3 rings (SSSR count). The smallest absolute Gasteiger partial charge is 0.345 e. The minimum atomic E-state index is -0.874. The van der Waals surface area contributed by atoms with Crippen LogP contribution in [0.15, 0.2) is 27.7 Å². The first kappa shape index (κ1) is 12.6. The maximum Gasteiger partial charge on any atom is 0.345 e. The average molecular weight is 292 g/mol. The summed E-state index contributed by atoms with van der Waals surface area (Å²) in [6.07, 6.45) is 6.02. The van der Waals surface area contributed by atoms with Crippen LogP contribution in [0.1, 0.15) is 33.8 Å². The summed E-state index contributed by atoms with van der Waals surface area (Å²) in [6, 6.07) is 1.70. The number of fused-ring (bicyclic) bond motifs is 1. The number of aromatic carboxylic acids is 1. The minimum absolute atomic E-state index is 0.366. The average Bonchev–Trinajstić information content (AvgIpc) is 2.88. The molecule has 0 aliphatic heterocycles. The fourth-order valence-electron chi connectivity index (χ4n) is 2.18. The topological polar surface area (TPSA) is 63.1 Å². The Morgan fingerprint density at radius 2 is 2.16 bits per heavy atom. The molecule has 19 heavy (non-hydrogen) atoms. The summed E-state index contributed by atoms with van der Waals surface area (Å²) >= 11 is 2.79. The van der Waals surface area contributed by atoms with Crippen molar-refractivity contribution in [3.8, 4) is 0 Å². The predicted octanol–water partition coefficient (Wildman–Crippen LogP) is 3.27.